The quantitative estimate of drug-likeness (QED) is 0.905. The largest absolute Gasteiger partial charge is 0.488 e. The van der Waals surface area contributed by atoms with Gasteiger partial charge in [-0.1, -0.05) is 18.2 Å². The van der Waals surface area contributed by atoms with Crippen LogP contribution in [0.25, 0.3) is 0 Å². The van der Waals surface area contributed by atoms with Gasteiger partial charge in [0, 0.05) is 19.8 Å². The maximum absolute atomic E-state index is 12.7. The summed E-state index contributed by atoms with van der Waals surface area (Å²) in [5, 5.41) is 14.9. The van der Waals surface area contributed by atoms with E-state index in [1.54, 1.807) is 29.0 Å². The monoisotopic (exact) mass is 343 g/mol. The zero-order valence-electron chi connectivity index (χ0n) is 14.7. The van der Waals surface area contributed by atoms with Crippen LogP contribution in [0.3, 0.4) is 0 Å². The van der Waals surface area contributed by atoms with Crippen molar-refractivity contribution in [3.05, 3.63) is 48.3 Å². The topological polar surface area (TPSA) is 67.6 Å². The van der Waals surface area contributed by atoms with Crippen molar-refractivity contribution in [3.8, 4) is 5.75 Å². The number of nitrogens with zero attached hydrogens (tertiary/aromatic N) is 3. The fourth-order valence-electron chi connectivity index (χ4n) is 3.34. The third-order valence-electron chi connectivity index (χ3n) is 4.82. The number of hydrogen-bond donors (Lipinski definition) is 1. The van der Waals surface area contributed by atoms with Gasteiger partial charge in [-0.2, -0.15) is 5.10 Å². The van der Waals surface area contributed by atoms with Gasteiger partial charge in [-0.3, -0.25) is 9.48 Å². The zero-order valence-corrected chi connectivity index (χ0v) is 14.7. The van der Waals surface area contributed by atoms with E-state index >= 15 is 0 Å². The molecule has 2 aromatic rings. The van der Waals surface area contributed by atoms with E-state index in [1.807, 2.05) is 37.3 Å². The fraction of sp³-hybridized carbons (Fsp3) is 0.474. The number of ether oxygens (including phenoxy) is 1. The van der Waals surface area contributed by atoms with Crippen LogP contribution in [0.5, 0.6) is 5.75 Å². The minimum absolute atomic E-state index is 0.121. The van der Waals surface area contributed by atoms with E-state index in [2.05, 4.69) is 5.10 Å². The van der Waals surface area contributed by atoms with Gasteiger partial charge in [0.25, 0.3) is 5.91 Å². The van der Waals surface area contributed by atoms with Crippen LogP contribution in [-0.2, 0) is 6.54 Å². The van der Waals surface area contributed by atoms with Crippen LogP contribution >= 0.6 is 0 Å². The molecule has 6 nitrogen and oxygen atoms in total. The van der Waals surface area contributed by atoms with Gasteiger partial charge in [-0.25, -0.2) is 0 Å². The molecule has 1 N–H and O–H groups in total. The molecule has 25 heavy (non-hydrogen) atoms. The Bertz CT molecular complexity index is 701. The zero-order chi connectivity index (χ0) is 17.8. The maximum atomic E-state index is 12.7. The van der Waals surface area contributed by atoms with Crippen molar-refractivity contribution in [2.24, 2.45) is 0 Å². The van der Waals surface area contributed by atoms with E-state index in [0.29, 0.717) is 5.56 Å². The Labute approximate surface area is 148 Å². The molecule has 1 aliphatic rings. The highest BCUT2D eigenvalue weighted by Crippen LogP contribution is 2.27. The van der Waals surface area contributed by atoms with Crippen LogP contribution in [0.1, 0.15) is 36.5 Å². The van der Waals surface area contributed by atoms with Crippen molar-refractivity contribution >= 4 is 5.91 Å². The molecule has 1 heterocycles. The first kappa shape index (κ1) is 17.5. The van der Waals surface area contributed by atoms with Crippen molar-refractivity contribution in [3.63, 3.8) is 0 Å². The molecule has 1 saturated carbocycles. The van der Waals surface area contributed by atoms with E-state index in [9.17, 15) is 9.90 Å². The molecular weight excluding hydrogens is 318 g/mol. The second-order valence-electron chi connectivity index (χ2n) is 6.46. The normalized spacial score (nSPS) is 23.2. The van der Waals surface area contributed by atoms with Crippen molar-refractivity contribution in [1.29, 1.82) is 0 Å². The number of aryl methyl sites for hydroxylation is 1. The molecule has 0 unspecified atom stereocenters. The number of aromatic nitrogens is 2. The standard InChI is InChI=1S/C19H25N3O3/c1-3-22-13-14(12-20-22)19(24)21(2)16-10-7-11-17(18(16)23)25-15-8-5-4-6-9-15/h4-6,8-9,12-13,16-18,23H,3,7,10-11H2,1-2H3/t16-,17-,18-/m1/s1. The first-order chi connectivity index (χ1) is 12.1. The van der Waals surface area contributed by atoms with Crippen molar-refractivity contribution in [1.82, 2.24) is 14.7 Å². The average molecular weight is 343 g/mol. The summed E-state index contributed by atoms with van der Waals surface area (Å²) in [6.45, 7) is 2.69. The second-order valence-corrected chi connectivity index (χ2v) is 6.46. The summed E-state index contributed by atoms with van der Waals surface area (Å²) < 4.78 is 7.67. The third-order valence-corrected chi connectivity index (χ3v) is 4.82. The highest BCUT2D eigenvalue weighted by molar-refractivity contribution is 5.93. The number of para-hydroxylation sites is 1. The summed E-state index contributed by atoms with van der Waals surface area (Å²) in [4.78, 5) is 14.3. The summed E-state index contributed by atoms with van der Waals surface area (Å²) in [7, 11) is 1.74. The van der Waals surface area contributed by atoms with Gasteiger partial charge >= 0.3 is 0 Å². The molecule has 3 rings (SSSR count). The lowest BCUT2D eigenvalue weighted by Crippen LogP contribution is -2.53. The Kier molecular flexibility index (Phi) is 5.38. The molecule has 1 amide bonds. The van der Waals surface area contributed by atoms with Crippen LogP contribution < -0.4 is 4.74 Å². The van der Waals surface area contributed by atoms with E-state index in [4.69, 9.17) is 4.74 Å². The predicted octanol–water partition coefficient (Wildman–Crippen LogP) is 2.34. The van der Waals surface area contributed by atoms with Gasteiger partial charge in [0.15, 0.2) is 0 Å². The number of aliphatic hydroxyl groups is 1. The molecule has 1 aromatic carbocycles. The number of benzene rings is 1. The Morgan fingerprint density at radius 2 is 2.12 bits per heavy atom. The van der Waals surface area contributed by atoms with Crippen molar-refractivity contribution in [2.45, 2.75) is 51.0 Å². The molecule has 0 bridgehead atoms. The summed E-state index contributed by atoms with van der Waals surface area (Å²) >= 11 is 0. The molecular formula is C19H25N3O3. The number of rotatable bonds is 5. The summed E-state index contributed by atoms with van der Waals surface area (Å²) in [5.74, 6) is 0.620. The number of amides is 1. The van der Waals surface area contributed by atoms with Crippen molar-refractivity contribution in [2.75, 3.05) is 7.05 Å². The fourth-order valence-corrected chi connectivity index (χ4v) is 3.34. The minimum Gasteiger partial charge on any atom is -0.488 e. The lowest BCUT2D eigenvalue weighted by Gasteiger charge is -2.39. The first-order valence-electron chi connectivity index (χ1n) is 8.79. The highest BCUT2D eigenvalue weighted by Gasteiger charge is 2.37. The number of aliphatic hydroxyl groups excluding tert-OH is 1. The van der Waals surface area contributed by atoms with Crippen LogP contribution in [-0.4, -0.2) is 51.0 Å². The SMILES string of the molecule is CCn1cc(C(=O)N(C)[C@@H]2CCC[C@@H](Oc3ccccc3)[C@@H]2O)cn1. The van der Waals surface area contributed by atoms with Gasteiger partial charge in [0.2, 0.25) is 0 Å². The van der Waals surface area contributed by atoms with Crippen LogP contribution in [0.4, 0.5) is 0 Å². The van der Waals surface area contributed by atoms with Gasteiger partial charge in [0.05, 0.1) is 17.8 Å². The molecule has 3 atom stereocenters. The van der Waals surface area contributed by atoms with E-state index < -0.39 is 6.10 Å². The molecule has 1 fully saturated rings. The highest BCUT2D eigenvalue weighted by atomic mass is 16.5. The number of hydrogen-bond acceptors (Lipinski definition) is 4. The lowest BCUT2D eigenvalue weighted by atomic mass is 9.88. The molecule has 134 valence electrons. The average Bonchev–Trinajstić information content (AvgIpc) is 3.12. The van der Waals surface area contributed by atoms with Gasteiger partial charge in [-0.15, -0.1) is 0 Å². The molecule has 0 saturated heterocycles. The maximum Gasteiger partial charge on any atom is 0.257 e. The van der Waals surface area contributed by atoms with Crippen LogP contribution in [0, 0.1) is 0 Å². The van der Waals surface area contributed by atoms with Crippen LogP contribution in [0.2, 0.25) is 0 Å². The molecule has 1 aromatic heterocycles. The first-order valence-corrected chi connectivity index (χ1v) is 8.79. The predicted molar refractivity (Wildman–Crippen MR) is 94.5 cm³/mol. The van der Waals surface area contributed by atoms with E-state index in [0.717, 1.165) is 31.6 Å². The van der Waals surface area contributed by atoms with Gasteiger partial charge in [-0.05, 0) is 38.3 Å². The Morgan fingerprint density at radius 1 is 1.36 bits per heavy atom. The second kappa shape index (κ2) is 7.70. The Morgan fingerprint density at radius 3 is 2.80 bits per heavy atom. The number of likely N-dealkylation sites (N-methyl/N-ethyl adjacent to an activating group) is 1. The van der Waals surface area contributed by atoms with Gasteiger partial charge in [0.1, 0.15) is 18.0 Å². The van der Waals surface area contributed by atoms with Crippen LogP contribution in [0.15, 0.2) is 42.7 Å². The third kappa shape index (κ3) is 3.85. The minimum atomic E-state index is -0.718. The summed E-state index contributed by atoms with van der Waals surface area (Å²) in [5.41, 5.74) is 0.544. The number of carbonyl (C=O) groups is 1. The summed E-state index contributed by atoms with van der Waals surface area (Å²) in [6, 6.07) is 9.23. The van der Waals surface area contributed by atoms with Gasteiger partial charge < -0.3 is 14.7 Å². The van der Waals surface area contributed by atoms with Crippen molar-refractivity contribution < 1.29 is 14.6 Å². The van der Waals surface area contributed by atoms with E-state index in [1.165, 1.54) is 0 Å². The Balaban J connectivity index is 1.69. The smallest absolute Gasteiger partial charge is 0.257 e. The van der Waals surface area contributed by atoms with E-state index in [-0.39, 0.29) is 18.1 Å². The molecule has 0 aliphatic heterocycles. The lowest BCUT2D eigenvalue weighted by molar-refractivity contribution is -0.0412. The summed E-state index contributed by atoms with van der Waals surface area (Å²) in [6.07, 6.45) is 4.74. The molecule has 0 radical (unpaired) electrons. The molecule has 0 spiro atoms. The Hall–Kier alpha value is -2.34. The number of carbonyl (C=O) groups excluding carboxylic acids is 1. The molecule has 6 heteroatoms. The molecule has 1 aliphatic carbocycles.